The van der Waals surface area contributed by atoms with E-state index in [4.69, 9.17) is 0 Å². The van der Waals surface area contributed by atoms with Crippen LogP contribution >= 0.6 is 0 Å². The van der Waals surface area contributed by atoms with E-state index < -0.39 is 19.7 Å². The summed E-state index contributed by atoms with van der Waals surface area (Å²) >= 11 is 0. The second-order valence-corrected chi connectivity index (χ2v) is 8.48. The Labute approximate surface area is 108 Å². The van der Waals surface area contributed by atoms with Crippen LogP contribution in [0.2, 0.25) is 0 Å². The highest BCUT2D eigenvalue weighted by atomic mass is 32.2. The molecule has 1 aromatic carbocycles. The van der Waals surface area contributed by atoms with E-state index >= 15 is 0 Å². The normalized spacial score (nSPS) is 12.3. The minimum absolute atomic E-state index is 0.140. The zero-order valence-corrected chi connectivity index (χ0v) is 12.0. The summed E-state index contributed by atoms with van der Waals surface area (Å²) in [5.74, 6) is 0.140. The van der Waals surface area contributed by atoms with Gasteiger partial charge in [0.1, 0.15) is 9.84 Å². The molecular weight excluding hydrogens is 274 g/mol. The number of hydrogen-bond acceptors (Lipinski definition) is 5. The van der Waals surface area contributed by atoms with Gasteiger partial charge in [0.05, 0.1) is 10.6 Å². The molecule has 0 bridgehead atoms. The van der Waals surface area contributed by atoms with Gasteiger partial charge < -0.3 is 5.32 Å². The van der Waals surface area contributed by atoms with Crippen LogP contribution in [0.3, 0.4) is 0 Å². The smallest absolute Gasteiger partial charge is 0.175 e. The maximum absolute atomic E-state index is 11.2. The largest absolute Gasteiger partial charge is 0.385 e. The van der Waals surface area contributed by atoms with Crippen LogP contribution in [0.1, 0.15) is 6.42 Å². The molecule has 0 spiro atoms. The van der Waals surface area contributed by atoms with Crippen LogP contribution < -0.4 is 5.32 Å². The topological polar surface area (TPSA) is 80.3 Å². The van der Waals surface area contributed by atoms with E-state index in [2.05, 4.69) is 5.32 Å². The predicted molar refractivity (Wildman–Crippen MR) is 72.4 cm³/mol. The van der Waals surface area contributed by atoms with E-state index in [9.17, 15) is 16.8 Å². The van der Waals surface area contributed by atoms with Gasteiger partial charge in [-0.25, -0.2) is 16.8 Å². The number of rotatable bonds is 6. The molecule has 0 aliphatic carbocycles. The third-order valence-corrected chi connectivity index (χ3v) is 4.46. The molecule has 0 heterocycles. The van der Waals surface area contributed by atoms with Crippen molar-refractivity contribution in [2.75, 3.05) is 30.1 Å². The van der Waals surface area contributed by atoms with Crippen LogP contribution in [0.15, 0.2) is 29.2 Å². The summed E-state index contributed by atoms with van der Waals surface area (Å²) in [6.45, 7) is 0.533. The first kappa shape index (κ1) is 15.0. The molecule has 0 unspecified atom stereocenters. The van der Waals surface area contributed by atoms with Crippen molar-refractivity contribution in [3.8, 4) is 0 Å². The molecule has 0 saturated heterocycles. The van der Waals surface area contributed by atoms with Crippen molar-refractivity contribution in [3.05, 3.63) is 24.3 Å². The molecule has 0 atom stereocenters. The zero-order valence-electron chi connectivity index (χ0n) is 10.4. The molecule has 1 aromatic rings. The lowest BCUT2D eigenvalue weighted by molar-refractivity contribution is 0.598. The number of sulfone groups is 2. The standard InChI is InChI=1S/C11H17NO4S2/c1-17(13,14)9-3-8-12-10-4-6-11(7-5-10)18(2,15)16/h4-7,12H,3,8-9H2,1-2H3. The molecule has 0 fully saturated rings. The number of anilines is 1. The Hall–Kier alpha value is -1.08. The Morgan fingerprint density at radius 1 is 1.00 bits per heavy atom. The first-order valence-electron chi connectivity index (χ1n) is 5.40. The van der Waals surface area contributed by atoms with Gasteiger partial charge in [0.15, 0.2) is 9.84 Å². The lowest BCUT2D eigenvalue weighted by Crippen LogP contribution is -2.09. The summed E-state index contributed by atoms with van der Waals surface area (Å²) < 4.78 is 44.3. The summed E-state index contributed by atoms with van der Waals surface area (Å²) in [4.78, 5) is 0.268. The molecule has 0 aromatic heterocycles. The van der Waals surface area contributed by atoms with Crippen LogP contribution in [-0.2, 0) is 19.7 Å². The zero-order chi connectivity index (χ0) is 13.8. The Morgan fingerprint density at radius 2 is 1.56 bits per heavy atom. The van der Waals surface area contributed by atoms with Crippen molar-refractivity contribution >= 4 is 25.4 Å². The Balaban J connectivity index is 2.50. The molecule has 1 rings (SSSR count). The third-order valence-electron chi connectivity index (χ3n) is 2.30. The van der Waals surface area contributed by atoms with Gasteiger partial charge in [-0.3, -0.25) is 0 Å². The Bertz CT molecular complexity index is 588. The fraction of sp³-hybridized carbons (Fsp3) is 0.455. The van der Waals surface area contributed by atoms with Crippen LogP contribution in [0, 0.1) is 0 Å². The van der Waals surface area contributed by atoms with Gasteiger partial charge in [-0.05, 0) is 30.7 Å². The number of benzene rings is 1. The highest BCUT2D eigenvalue weighted by molar-refractivity contribution is 7.91. The summed E-state index contributed by atoms with van der Waals surface area (Å²) in [5.41, 5.74) is 0.774. The number of hydrogen-bond donors (Lipinski definition) is 1. The van der Waals surface area contributed by atoms with Crippen molar-refractivity contribution in [2.24, 2.45) is 0 Å². The SMILES string of the molecule is CS(=O)(=O)CCCNc1ccc(S(C)(=O)=O)cc1. The molecule has 0 amide bonds. The van der Waals surface area contributed by atoms with Gasteiger partial charge >= 0.3 is 0 Å². The molecule has 18 heavy (non-hydrogen) atoms. The maximum Gasteiger partial charge on any atom is 0.175 e. The molecule has 1 N–H and O–H groups in total. The van der Waals surface area contributed by atoms with E-state index in [0.29, 0.717) is 13.0 Å². The van der Waals surface area contributed by atoms with Crippen LogP contribution in [0.4, 0.5) is 5.69 Å². The first-order valence-corrected chi connectivity index (χ1v) is 9.35. The predicted octanol–water partition coefficient (Wildman–Crippen LogP) is 0.937. The average molecular weight is 291 g/mol. The van der Waals surface area contributed by atoms with Crippen molar-refractivity contribution in [3.63, 3.8) is 0 Å². The van der Waals surface area contributed by atoms with E-state index in [-0.39, 0.29) is 10.6 Å². The monoisotopic (exact) mass is 291 g/mol. The summed E-state index contributed by atoms with van der Waals surface area (Å²) in [7, 11) is -6.10. The van der Waals surface area contributed by atoms with Gasteiger partial charge in [-0.15, -0.1) is 0 Å². The van der Waals surface area contributed by atoms with Gasteiger partial charge in [-0.1, -0.05) is 0 Å². The van der Waals surface area contributed by atoms with Crippen LogP contribution in [0.5, 0.6) is 0 Å². The molecule has 0 aliphatic rings. The highest BCUT2D eigenvalue weighted by Gasteiger charge is 2.06. The molecule has 102 valence electrons. The quantitative estimate of drug-likeness (QED) is 0.789. The van der Waals surface area contributed by atoms with E-state index in [1.54, 1.807) is 12.1 Å². The van der Waals surface area contributed by atoms with Crippen molar-refractivity contribution in [2.45, 2.75) is 11.3 Å². The van der Waals surface area contributed by atoms with E-state index in [0.717, 1.165) is 11.9 Å². The lowest BCUT2D eigenvalue weighted by Gasteiger charge is -2.06. The Morgan fingerprint density at radius 3 is 2.00 bits per heavy atom. The molecule has 0 saturated carbocycles. The van der Waals surface area contributed by atoms with Crippen molar-refractivity contribution < 1.29 is 16.8 Å². The van der Waals surface area contributed by atoms with Crippen molar-refractivity contribution in [1.82, 2.24) is 0 Å². The van der Waals surface area contributed by atoms with Crippen LogP contribution in [-0.4, -0.2) is 41.6 Å². The molecule has 0 aliphatic heterocycles. The van der Waals surface area contributed by atoms with Gasteiger partial charge in [0, 0.05) is 24.7 Å². The summed E-state index contributed by atoms with van der Waals surface area (Å²) in [5, 5.41) is 3.04. The minimum atomic E-state index is -3.17. The lowest BCUT2D eigenvalue weighted by atomic mass is 10.3. The molecular formula is C11H17NO4S2. The second-order valence-electron chi connectivity index (χ2n) is 4.21. The number of nitrogens with one attached hydrogen (secondary N) is 1. The van der Waals surface area contributed by atoms with Crippen LogP contribution in [0.25, 0.3) is 0 Å². The molecule has 7 heteroatoms. The van der Waals surface area contributed by atoms with Gasteiger partial charge in [-0.2, -0.15) is 0 Å². The fourth-order valence-electron chi connectivity index (χ4n) is 1.39. The second kappa shape index (κ2) is 5.71. The highest BCUT2D eigenvalue weighted by Crippen LogP contribution is 2.13. The summed E-state index contributed by atoms with van der Waals surface area (Å²) in [6.07, 6.45) is 2.88. The fourth-order valence-corrected chi connectivity index (χ4v) is 2.69. The summed E-state index contributed by atoms with van der Waals surface area (Å²) in [6, 6.07) is 6.37. The van der Waals surface area contributed by atoms with Gasteiger partial charge in [0.25, 0.3) is 0 Å². The first-order chi connectivity index (χ1) is 8.18. The van der Waals surface area contributed by atoms with Crippen molar-refractivity contribution in [1.29, 1.82) is 0 Å². The van der Waals surface area contributed by atoms with E-state index in [1.165, 1.54) is 18.4 Å². The average Bonchev–Trinajstić information content (AvgIpc) is 2.22. The minimum Gasteiger partial charge on any atom is -0.385 e. The molecule has 5 nitrogen and oxygen atoms in total. The van der Waals surface area contributed by atoms with Gasteiger partial charge in [0.2, 0.25) is 0 Å². The molecule has 0 radical (unpaired) electrons. The Kier molecular flexibility index (Phi) is 4.75. The van der Waals surface area contributed by atoms with E-state index in [1.807, 2.05) is 0 Å². The third kappa shape index (κ3) is 5.50. The maximum atomic E-state index is 11.2.